The zero-order valence-electron chi connectivity index (χ0n) is 14.0. The summed E-state index contributed by atoms with van der Waals surface area (Å²) >= 11 is 0. The summed E-state index contributed by atoms with van der Waals surface area (Å²) in [4.78, 5) is 11.1. The Labute approximate surface area is 142 Å². The molecule has 1 aliphatic rings. The first-order chi connectivity index (χ1) is 11.6. The van der Waals surface area contributed by atoms with Crippen LogP contribution in [0.5, 0.6) is 11.5 Å². The number of fused-ring (bicyclic) bond motifs is 2. The van der Waals surface area contributed by atoms with Gasteiger partial charge in [-0.3, -0.25) is 4.79 Å². The molecule has 1 aliphatic carbocycles. The van der Waals surface area contributed by atoms with Gasteiger partial charge in [0.2, 0.25) is 0 Å². The van der Waals surface area contributed by atoms with Crippen molar-refractivity contribution in [2.24, 2.45) is 0 Å². The molecule has 126 valence electrons. The summed E-state index contributed by atoms with van der Waals surface area (Å²) in [6, 6.07) is 12.2. The fourth-order valence-electron chi connectivity index (χ4n) is 3.55. The number of aryl methyl sites for hydroxylation is 2. The molecule has 2 aromatic carbocycles. The minimum Gasteiger partial charge on any atom is -0.497 e. The van der Waals surface area contributed by atoms with Gasteiger partial charge in [-0.2, -0.15) is 0 Å². The Morgan fingerprint density at radius 1 is 1.00 bits per heavy atom. The van der Waals surface area contributed by atoms with E-state index in [0.29, 0.717) is 6.42 Å². The number of ether oxygens (including phenoxy) is 2. The highest BCUT2D eigenvalue weighted by Crippen LogP contribution is 2.39. The van der Waals surface area contributed by atoms with Gasteiger partial charge in [0, 0.05) is 12.3 Å². The summed E-state index contributed by atoms with van der Waals surface area (Å²) in [6.07, 6.45) is 2.57. The number of carboxylic acids is 1. The van der Waals surface area contributed by atoms with Gasteiger partial charge < -0.3 is 14.6 Å². The van der Waals surface area contributed by atoms with Crippen LogP contribution in [0.1, 0.15) is 41.0 Å². The molecule has 3 rings (SSSR count). The van der Waals surface area contributed by atoms with Crippen LogP contribution < -0.4 is 9.47 Å². The second-order valence-corrected chi connectivity index (χ2v) is 6.11. The minimum atomic E-state index is -0.760. The number of aliphatic carboxylic acids is 1. The van der Waals surface area contributed by atoms with Gasteiger partial charge in [0.1, 0.15) is 11.5 Å². The third kappa shape index (κ3) is 3.23. The molecule has 0 radical (unpaired) electrons. The monoisotopic (exact) mass is 326 g/mol. The van der Waals surface area contributed by atoms with E-state index in [9.17, 15) is 4.79 Å². The topological polar surface area (TPSA) is 55.8 Å². The van der Waals surface area contributed by atoms with Crippen LogP contribution >= 0.6 is 0 Å². The summed E-state index contributed by atoms with van der Waals surface area (Å²) in [5, 5.41) is 9.13. The van der Waals surface area contributed by atoms with Crippen molar-refractivity contribution < 1.29 is 19.4 Å². The maximum absolute atomic E-state index is 11.1. The van der Waals surface area contributed by atoms with Gasteiger partial charge in [-0.05, 0) is 65.8 Å². The van der Waals surface area contributed by atoms with E-state index in [-0.39, 0.29) is 12.3 Å². The van der Waals surface area contributed by atoms with Crippen LogP contribution in [0.25, 0.3) is 0 Å². The Balaban J connectivity index is 2.07. The number of benzene rings is 2. The highest BCUT2D eigenvalue weighted by molar-refractivity contribution is 5.67. The highest BCUT2D eigenvalue weighted by Gasteiger charge is 2.25. The number of carboxylic acid groups (broad SMARTS) is 1. The number of hydrogen-bond donors (Lipinski definition) is 1. The summed E-state index contributed by atoms with van der Waals surface area (Å²) in [7, 11) is 3.33. The molecule has 0 aliphatic heterocycles. The van der Waals surface area contributed by atoms with Gasteiger partial charge in [-0.15, -0.1) is 0 Å². The molecule has 2 aromatic rings. The quantitative estimate of drug-likeness (QED) is 0.908. The van der Waals surface area contributed by atoms with E-state index >= 15 is 0 Å². The Morgan fingerprint density at radius 3 is 1.92 bits per heavy atom. The first-order valence-electron chi connectivity index (χ1n) is 8.17. The number of rotatable bonds is 5. The zero-order valence-corrected chi connectivity index (χ0v) is 14.0. The van der Waals surface area contributed by atoms with E-state index < -0.39 is 5.97 Å². The lowest BCUT2D eigenvalue weighted by molar-refractivity contribution is -0.137. The average molecular weight is 326 g/mol. The van der Waals surface area contributed by atoms with E-state index in [4.69, 9.17) is 14.6 Å². The van der Waals surface area contributed by atoms with Gasteiger partial charge in [-0.1, -0.05) is 12.1 Å². The van der Waals surface area contributed by atoms with E-state index in [1.807, 2.05) is 12.1 Å². The zero-order chi connectivity index (χ0) is 17.1. The van der Waals surface area contributed by atoms with Crippen LogP contribution in [0.3, 0.4) is 0 Å². The van der Waals surface area contributed by atoms with Crippen LogP contribution in [0, 0.1) is 0 Å². The third-order valence-corrected chi connectivity index (χ3v) is 4.76. The summed E-state index contributed by atoms with van der Waals surface area (Å²) in [5.74, 6) is 1.01. The molecule has 0 heterocycles. The molecule has 0 bridgehead atoms. The second-order valence-electron chi connectivity index (χ2n) is 6.11. The van der Waals surface area contributed by atoms with Crippen molar-refractivity contribution in [3.05, 3.63) is 58.7 Å². The van der Waals surface area contributed by atoms with Crippen LogP contribution in [-0.4, -0.2) is 25.3 Å². The molecular formula is C20H22O4. The Kier molecular flexibility index (Phi) is 4.74. The maximum Gasteiger partial charge on any atom is 0.303 e. The lowest BCUT2D eigenvalue weighted by Gasteiger charge is -2.20. The molecule has 0 saturated heterocycles. The molecule has 1 N–H and O–H groups in total. The Hall–Kier alpha value is -2.49. The summed E-state index contributed by atoms with van der Waals surface area (Å²) < 4.78 is 10.7. The molecule has 0 saturated carbocycles. The third-order valence-electron chi connectivity index (χ3n) is 4.76. The van der Waals surface area contributed by atoms with Crippen molar-refractivity contribution in [3.63, 3.8) is 0 Å². The smallest absolute Gasteiger partial charge is 0.303 e. The van der Waals surface area contributed by atoms with Gasteiger partial charge >= 0.3 is 5.97 Å². The molecule has 0 unspecified atom stereocenters. The SMILES string of the molecule is COc1ccc2c(c1)CCc1cc(OC)ccc1C2CCC(=O)O. The number of hydrogen-bond acceptors (Lipinski definition) is 3. The molecule has 4 nitrogen and oxygen atoms in total. The van der Waals surface area contributed by atoms with Crippen LogP contribution in [-0.2, 0) is 17.6 Å². The van der Waals surface area contributed by atoms with Crippen molar-refractivity contribution in [1.82, 2.24) is 0 Å². The fraction of sp³-hybridized carbons (Fsp3) is 0.350. The first-order valence-corrected chi connectivity index (χ1v) is 8.17. The number of methoxy groups -OCH3 is 2. The minimum absolute atomic E-state index is 0.0883. The summed E-state index contributed by atoms with van der Waals surface area (Å²) in [6.45, 7) is 0. The van der Waals surface area contributed by atoms with Gasteiger partial charge in [0.15, 0.2) is 0 Å². The lowest BCUT2D eigenvalue weighted by atomic mass is 9.84. The predicted octanol–water partition coefficient (Wildman–Crippen LogP) is 3.80. The molecule has 0 fully saturated rings. The molecule has 24 heavy (non-hydrogen) atoms. The molecule has 0 spiro atoms. The van der Waals surface area contributed by atoms with Crippen molar-refractivity contribution in [2.45, 2.75) is 31.6 Å². The summed E-state index contributed by atoms with van der Waals surface area (Å²) in [5.41, 5.74) is 4.89. The van der Waals surface area contributed by atoms with Crippen molar-refractivity contribution in [3.8, 4) is 11.5 Å². The van der Waals surface area contributed by atoms with E-state index in [2.05, 4.69) is 24.3 Å². The van der Waals surface area contributed by atoms with Crippen LogP contribution in [0.15, 0.2) is 36.4 Å². The predicted molar refractivity (Wildman–Crippen MR) is 92.1 cm³/mol. The average Bonchev–Trinajstić information content (AvgIpc) is 2.75. The first kappa shape index (κ1) is 16.4. The fourth-order valence-corrected chi connectivity index (χ4v) is 3.55. The van der Waals surface area contributed by atoms with Crippen LogP contribution in [0.4, 0.5) is 0 Å². The maximum atomic E-state index is 11.1. The largest absolute Gasteiger partial charge is 0.497 e. The molecule has 0 aromatic heterocycles. The normalized spacial score (nSPS) is 13.6. The van der Waals surface area contributed by atoms with E-state index in [1.54, 1.807) is 14.2 Å². The lowest BCUT2D eigenvalue weighted by Crippen LogP contribution is -2.07. The van der Waals surface area contributed by atoms with Crippen molar-refractivity contribution in [1.29, 1.82) is 0 Å². The molecule has 4 heteroatoms. The van der Waals surface area contributed by atoms with E-state index in [0.717, 1.165) is 24.3 Å². The van der Waals surface area contributed by atoms with Crippen LogP contribution in [0.2, 0.25) is 0 Å². The molecule has 0 atom stereocenters. The van der Waals surface area contributed by atoms with E-state index in [1.165, 1.54) is 22.3 Å². The van der Waals surface area contributed by atoms with Crippen molar-refractivity contribution in [2.75, 3.05) is 14.2 Å². The highest BCUT2D eigenvalue weighted by atomic mass is 16.5. The molecule has 0 amide bonds. The molecular weight excluding hydrogens is 304 g/mol. The second kappa shape index (κ2) is 6.95. The Morgan fingerprint density at radius 2 is 1.50 bits per heavy atom. The van der Waals surface area contributed by atoms with Gasteiger partial charge in [0.25, 0.3) is 0 Å². The Bertz CT molecular complexity index is 696. The number of carbonyl (C=O) groups is 1. The van der Waals surface area contributed by atoms with Gasteiger partial charge in [0.05, 0.1) is 14.2 Å². The van der Waals surface area contributed by atoms with Crippen molar-refractivity contribution >= 4 is 5.97 Å². The standard InChI is InChI=1S/C20H22O4/c1-23-15-5-7-17-13(11-15)3-4-14-12-16(24-2)6-8-18(14)19(17)9-10-20(21)22/h5-8,11-12,19H,3-4,9-10H2,1-2H3,(H,21,22). The van der Waals surface area contributed by atoms with Gasteiger partial charge in [-0.25, -0.2) is 0 Å².